The first kappa shape index (κ1) is 25.1. The number of amides is 1. The van der Waals surface area contributed by atoms with Gasteiger partial charge in [0.1, 0.15) is 5.92 Å². The van der Waals surface area contributed by atoms with E-state index in [1.54, 1.807) is 0 Å². The zero-order valence-corrected chi connectivity index (χ0v) is 22.5. The molecule has 2 aliphatic rings. The van der Waals surface area contributed by atoms with Crippen molar-refractivity contribution in [2.75, 3.05) is 18.5 Å². The number of nitrogens with one attached hydrogen (secondary N) is 2. The van der Waals surface area contributed by atoms with Gasteiger partial charge in [0, 0.05) is 17.8 Å². The number of para-hydroxylation sites is 1. The van der Waals surface area contributed by atoms with E-state index in [4.69, 9.17) is 21.7 Å². The molecule has 192 valence electrons. The van der Waals surface area contributed by atoms with Crippen LogP contribution in [0.2, 0.25) is 0 Å². The quantitative estimate of drug-likeness (QED) is 0.403. The first-order valence-electron chi connectivity index (χ1n) is 12.8. The molecule has 3 aromatic carbocycles. The van der Waals surface area contributed by atoms with Crippen LogP contribution in [-0.4, -0.2) is 34.8 Å². The molecule has 6 nitrogen and oxygen atoms in total. The van der Waals surface area contributed by atoms with E-state index in [9.17, 15) is 4.79 Å². The van der Waals surface area contributed by atoms with Gasteiger partial charge in [0.2, 0.25) is 5.91 Å². The van der Waals surface area contributed by atoms with E-state index in [-0.39, 0.29) is 11.9 Å². The molecule has 0 saturated carbocycles. The predicted molar refractivity (Wildman–Crippen MR) is 150 cm³/mol. The third-order valence-electron chi connectivity index (χ3n) is 7.31. The normalized spacial score (nSPS) is 21.9. The predicted octanol–water partition coefficient (Wildman–Crippen LogP) is 5.54. The van der Waals surface area contributed by atoms with E-state index in [0.717, 1.165) is 28.8 Å². The number of ether oxygens (including phenoxy) is 2. The minimum absolute atomic E-state index is 0.119. The SMILES string of the molecule is CCOc1cccc2c1O[C@]1(C)[C@@H](C(=O)Nc3ccc(C)cc3C)[C@@H]2NC(=S)N1CCc1ccccc1. The largest absolute Gasteiger partial charge is 0.490 e. The zero-order valence-electron chi connectivity index (χ0n) is 21.7. The first-order valence-corrected chi connectivity index (χ1v) is 13.2. The van der Waals surface area contributed by atoms with Crippen LogP contribution in [0.5, 0.6) is 11.5 Å². The molecule has 0 aliphatic carbocycles. The van der Waals surface area contributed by atoms with Crippen molar-refractivity contribution in [2.45, 2.75) is 45.9 Å². The van der Waals surface area contributed by atoms with Crippen LogP contribution in [0.3, 0.4) is 0 Å². The molecule has 0 spiro atoms. The summed E-state index contributed by atoms with van der Waals surface area (Å²) in [6.45, 7) is 9.08. The second-order valence-electron chi connectivity index (χ2n) is 9.86. The topological polar surface area (TPSA) is 62.8 Å². The van der Waals surface area contributed by atoms with Gasteiger partial charge in [-0.25, -0.2) is 0 Å². The Labute approximate surface area is 224 Å². The van der Waals surface area contributed by atoms with E-state index in [0.29, 0.717) is 29.8 Å². The Bertz CT molecular complexity index is 1330. The van der Waals surface area contributed by atoms with Gasteiger partial charge < -0.3 is 25.0 Å². The van der Waals surface area contributed by atoms with Crippen molar-refractivity contribution >= 4 is 28.9 Å². The highest BCUT2D eigenvalue weighted by atomic mass is 32.1. The minimum Gasteiger partial charge on any atom is -0.490 e. The Kier molecular flexibility index (Phi) is 6.82. The van der Waals surface area contributed by atoms with Gasteiger partial charge in [0.05, 0.1) is 12.6 Å². The van der Waals surface area contributed by atoms with Gasteiger partial charge in [0.25, 0.3) is 0 Å². The molecule has 7 heteroatoms. The lowest BCUT2D eigenvalue weighted by Gasteiger charge is -2.56. The Hall–Kier alpha value is -3.58. The van der Waals surface area contributed by atoms with Crippen LogP contribution in [0.15, 0.2) is 66.7 Å². The van der Waals surface area contributed by atoms with Gasteiger partial charge in [-0.05, 0) is 69.6 Å². The van der Waals surface area contributed by atoms with Crippen LogP contribution in [0, 0.1) is 19.8 Å². The highest BCUT2D eigenvalue weighted by molar-refractivity contribution is 7.80. The van der Waals surface area contributed by atoms with Gasteiger partial charge in [-0.15, -0.1) is 0 Å². The van der Waals surface area contributed by atoms with Crippen LogP contribution >= 0.6 is 12.2 Å². The molecule has 1 saturated heterocycles. The van der Waals surface area contributed by atoms with Crippen LogP contribution < -0.4 is 20.1 Å². The number of nitrogens with zero attached hydrogens (tertiary/aromatic N) is 1. The van der Waals surface area contributed by atoms with Crippen LogP contribution in [0.1, 0.15) is 42.1 Å². The van der Waals surface area contributed by atoms with Gasteiger partial charge in [-0.1, -0.05) is 60.2 Å². The van der Waals surface area contributed by atoms with Crippen molar-refractivity contribution in [1.29, 1.82) is 0 Å². The average molecular weight is 516 g/mol. The average Bonchev–Trinajstić information content (AvgIpc) is 2.86. The molecule has 2 N–H and O–H groups in total. The molecule has 2 aliphatic heterocycles. The number of hydrogen-bond acceptors (Lipinski definition) is 4. The summed E-state index contributed by atoms with van der Waals surface area (Å²) in [5.41, 5.74) is 4.00. The number of carbonyl (C=O) groups excluding carboxylic acids is 1. The van der Waals surface area contributed by atoms with E-state index in [1.807, 2.05) is 81.1 Å². The maximum absolute atomic E-state index is 14.0. The minimum atomic E-state index is -1.02. The lowest BCUT2D eigenvalue weighted by molar-refractivity contribution is -0.149. The van der Waals surface area contributed by atoms with Crippen LogP contribution in [-0.2, 0) is 11.2 Å². The van der Waals surface area contributed by atoms with E-state index < -0.39 is 11.6 Å². The number of hydrogen-bond donors (Lipinski definition) is 2. The maximum Gasteiger partial charge on any atom is 0.236 e. The second-order valence-corrected chi connectivity index (χ2v) is 10.3. The lowest BCUT2D eigenvalue weighted by atomic mass is 9.78. The number of benzene rings is 3. The third-order valence-corrected chi connectivity index (χ3v) is 7.65. The molecule has 3 atom stereocenters. The highest BCUT2D eigenvalue weighted by Gasteiger charge is 2.59. The molecule has 5 rings (SSSR count). The van der Waals surface area contributed by atoms with Crippen molar-refractivity contribution < 1.29 is 14.3 Å². The van der Waals surface area contributed by atoms with E-state index in [2.05, 4.69) is 28.8 Å². The number of fused-ring (bicyclic) bond motifs is 4. The standard InChI is InChI=1S/C30H33N3O3S/c1-5-35-24-13-9-12-22-26-25(28(34)31-23-15-14-19(2)18-20(23)3)30(4,36-27(22)24)33(29(37)32-26)17-16-21-10-7-6-8-11-21/h6-15,18,25-26H,5,16-17H2,1-4H3,(H,31,34)(H,32,37)/t25-,26-,30-/m1/s1. The Morgan fingerprint density at radius 2 is 1.92 bits per heavy atom. The van der Waals surface area contributed by atoms with Gasteiger partial charge >= 0.3 is 0 Å². The second kappa shape index (κ2) is 10.1. The van der Waals surface area contributed by atoms with Crippen molar-refractivity contribution in [3.8, 4) is 11.5 Å². The monoisotopic (exact) mass is 515 g/mol. The van der Waals surface area contributed by atoms with E-state index >= 15 is 0 Å². The molecule has 0 unspecified atom stereocenters. The maximum atomic E-state index is 14.0. The first-order chi connectivity index (χ1) is 17.8. The summed E-state index contributed by atoms with van der Waals surface area (Å²) < 4.78 is 12.7. The molecule has 2 bridgehead atoms. The van der Waals surface area contributed by atoms with Gasteiger partial charge in [0.15, 0.2) is 22.3 Å². The molecule has 0 radical (unpaired) electrons. The van der Waals surface area contributed by atoms with Gasteiger partial charge in [-0.2, -0.15) is 0 Å². The van der Waals surface area contributed by atoms with Crippen LogP contribution in [0.4, 0.5) is 5.69 Å². The Morgan fingerprint density at radius 1 is 1.14 bits per heavy atom. The fourth-order valence-electron chi connectivity index (χ4n) is 5.48. The summed E-state index contributed by atoms with van der Waals surface area (Å²) in [6, 6.07) is 21.7. The van der Waals surface area contributed by atoms with Crippen molar-refractivity contribution in [3.63, 3.8) is 0 Å². The molecule has 3 aromatic rings. The smallest absolute Gasteiger partial charge is 0.236 e. The summed E-state index contributed by atoms with van der Waals surface area (Å²) in [7, 11) is 0. The Balaban J connectivity index is 1.55. The summed E-state index contributed by atoms with van der Waals surface area (Å²) >= 11 is 5.86. The third kappa shape index (κ3) is 4.64. The Morgan fingerprint density at radius 3 is 2.65 bits per heavy atom. The van der Waals surface area contributed by atoms with Crippen LogP contribution in [0.25, 0.3) is 0 Å². The number of aryl methyl sites for hydroxylation is 2. The van der Waals surface area contributed by atoms with E-state index in [1.165, 1.54) is 5.56 Å². The summed E-state index contributed by atoms with van der Waals surface area (Å²) in [5.74, 6) is 0.640. The molecule has 1 fully saturated rings. The summed E-state index contributed by atoms with van der Waals surface area (Å²) in [6.07, 6.45) is 0.762. The van der Waals surface area contributed by atoms with Crippen molar-refractivity contribution in [3.05, 3.63) is 89.0 Å². The summed E-state index contributed by atoms with van der Waals surface area (Å²) in [4.78, 5) is 16.1. The molecule has 1 amide bonds. The molecular weight excluding hydrogens is 482 g/mol. The highest BCUT2D eigenvalue weighted by Crippen LogP contribution is 2.51. The fourth-order valence-corrected chi connectivity index (χ4v) is 5.88. The number of rotatable bonds is 7. The number of carbonyl (C=O) groups is 1. The molecular formula is C30H33N3O3S. The van der Waals surface area contributed by atoms with Crippen molar-refractivity contribution in [1.82, 2.24) is 10.2 Å². The van der Waals surface area contributed by atoms with Crippen molar-refractivity contribution in [2.24, 2.45) is 5.92 Å². The number of thiocarbonyl (C=S) groups is 1. The fraction of sp³-hybridized carbons (Fsp3) is 0.333. The molecule has 0 aromatic heterocycles. The lowest BCUT2D eigenvalue weighted by Crippen LogP contribution is -2.71. The van der Waals surface area contributed by atoms with Gasteiger partial charge in [-0.3, -0.25) is 4.79 Å². The summed E-state index contributed by atoms with van der Waals surface area (Å²) in [5, 5.41) is 7.24. The molecule has 2 heterocycles. The zero-order chi connectivity index (χ0) is 26.2. The number of anilines is 1. The molecule has 37 heavy (non-hydrogen) atoms.